The Morgan fingerprint density at radius 3 is 1.39 bits per heavy atom. The maximum Gasteiger partial charge on any atom is 0.0547 e. The fourth-order valence-corrected chi connectivity index (χ4v) is 8.75. The van der Waals surface area contributed by atoms with Crippen molar-refractivity contribution in [2.75, 3.05) is 4.90 Å². The van der Waals surface area contributed by atoms with Crippen LogP contribution in [0.5, 0.6) is 0 Å². The van der Waals surface area contributed by atoms with Crippen molar-refractivity contribution in [3.63, 3.8) is 0 Å². The predicted molar refractivity (Wildman–Crippen MR) is 241 cm³/mol. The summed E-state index contributed by atoms with van der Waals surface area (Å²) >= 11 is 0. The number of anilines is 3. The summed E-state index contributed by atoms with van der Waals surface area (Å²) in [5.41, 5.74) is 15.1. The zero-order valence-electron chi connectivity index (χ0n) is 31.2. The number of para-hydroxylation sites is 3. The number of nitrogens with zero attached hydrogens (tertiary/aromatic N) is 3. The Morgan fingerprint density at radius 2 is 0.737 bits per heavy atom. The summed E-state index contributed by atoms with van der Waals surface area (Å²) in [6.07, 6.45) is 0. The minimum Gasteiger partial charge on any atom is -0.310 e. The van der Waals surface area contributed by atoms with Crippen LogP contribution in [-0.4, -0.2) is 9.13 Å². The van der Waals surface area contributed by atoms with Gasteiger partial charge in [0, 0.05) is 50.0 Å². The van der Waals surface area contributed by atoms with E-state index in [1.807, 2.05) is 0 Å². The van der Waals surface area contributed by atoms with Crippen LogP contribution in [0.4, 0.5) is 17.1 Å². The van der Waals surface area contributed by atoms with Gasteiger partial charge >= 0.3 is 0 Å². The molecule has 11 aromatic rings. The molecular weight excluding hydrogens is 691 g/mol. The SMILES string of the molecule is c1ccc(-c2ccc(N(c3ccc4c(c3)c3ccccc3n4-c3ccccc3)c3ccc4c(c3)c3c(-c5ccccc5)cccc3n4-c3ccccc3)cc2)cc1. The van der Waals surface area contributed by atoms with Gasteiger partial charge in [-0.1, -0.05) is 140 Å². The Bertz CT molecular complexity index is 3200. The van der Waals surface area contributed by atoms with Crippen LogP contribution in [0.1, 0.15) is 0 Å². The molecule has 268 valence electrons. The molecule has 0 aliphatic heterocycles. The number of rotatable bonds is 7. The lowest BCUT2D eigenvalue weighted by Gasteiger charge is -2.26. The van der Waals surface area contributed by atoms with Crippen molar-refractivity contribution in [3.05, 3.63) is 224 Å². The zero-order chi connectivity index (χ0) is 37.7. The molecule has 0 unspecified atom stereocenters. The van der Waals surface area contributed by atoms with Crippen molar-refractivity contribution in [3.8, 4) is 33.6 Å². The molecule has 0 spiro atoms. The zero-order valence-corrected chi connectivity index (χ0v) is 31.2. The summed E-state index contributed by atoms with van der Waals surface area (Å²) in [7, 11) is 0. The molecule has 0 saturated carbocycles. The van der Waals surface area contributed by atoms with Crippen LogP contribution in [0, 0.1) is 0 Å². The van der Waals surface area contributed by atoms with Gasteiger partial charge in [-0.05, 0) is 107 Å². The molecular formula is C54H37N3. The standard InChI is InChI=1S/C54H37N3/c1-5-16-38(17-6-1)39-28-30-43(31-29-39)55(44-32-34-51-48(36-44)47-24-13-14-26-50(47)56(51)41-20-9-3-10-21-41)45-33-35-52-49(37-45)54-46(40-18-7-2-8-19-40)25-15-27-53(54)57(52)42-22-11-4-12-23-42/h1-37H. The summed E-state index contributed by atoms with van der Waals surface area (Å²) in [5.74, 6) is 0. The van der Waals surface area contributed by atoms with E-state index in [9.17, 15) is 0 Å². The first-order valence-corrected chi connectivity index (χ1v) is 19.5. The number of fused-ring (bicyclic) bond motifs is 6. The molecule has 0 aliphatic rings. The monoisotopic (exact) mass is 727 g/mol. The van der Waals surface area contributed by atoms with Crippen LogP contribution in [0.3, 0.4) is 0 Å². The lowest BCUT2D eigenvalue weighted by atomic mass is 9.99. The highest BCUT2D eigenvalue weighted by atomic mass is 15.1. The van der Waals surface area contributed by atoms with E-state index in [-0.39, 0.29) is 0 Å². The van der Waals surface area contributed by atoms with Gasteiger partial charge in [0.2, 0.25) is 0 Å². The highest BCUT2D eigenvalue weighted by Crippen LogP contribution is 2.44. The van der Waals surface area contributed by atoms with Gasteiger partial charge in [0.05, 0.1) is 22.1 Å². The number of aromatic nitrogens is 2. The summed E-state index contributed by atoms with van der Waals surface area (Å²) < 4.78 is 4.79. The Hall–Kier alpha value is -7.62. The molecule has 3 heteroatoms. The molecule has 2 aromatic heterocycles. The van der Waals surface area contributed by atoms with E-state index in [1.54, 1.807) is 0 Å². The van der Waals surface area contributed by atoms with E-state index in [0.717, 1.165) is 28.4 Å². The smallest absolute Gasteiger partial charge is 0.0547 e. The molecule has 11 rings (SSSR count). The number of hydrogen-bond acceptors (Lipinski definition) is 1. The third kappa shape index (κ3) is 5.51. The fourth-order valence-electron chi connectivity index (χ4n) is 8.75. The second kappa shape index (κ2) is 13.6. The van der Waals surface area contributed by atoms with Gasteiger partial charge < -0.3 is 14.0 Å². The molecule has 9 aromatic carbocycles. The van der Waals surface area contributed by atoms with Crippen LogP contribution in [-0.2, 0) is 0 Å². The van der Waals surface area contributed by atoms with Crippen molar-refractivity contribution < 1.29 is 0 Å². The topological polar surface area (TPSA) is 13.1 Å². The maximum atomic E-state index is 2.42. The van der Waals surface area contributed by atoms with Crippen molar-refractivity contribution in [1.82, 2.24) is 9.13 Å². The Morgan fingerprint density at radius 1 is 0.281 bits per heavy atom. The first-order chi connectivity index (χ1) is 28.3. The average molecular weight is 728 g/mol. The number of hydrogen-bond donors (Lipinski definition) is 0. The third-order valence-electron chi connectivity index (χ3n) is 11.3. The minimum atomic E-state index is 1.09. The summed E-state index contributed by atoms with van der Waals surface area (Å²) in [4.78, 5) is 2.42. The van der Waals surface area contributed by atoms with Gasteiger partial charge in [-0.15, -0.1) is 0 Å². The molecule has 0 bridgehead atoms. The van der Waals surface area contributed by atoms with Crippen LogP contribution in [0.15, 0.2) is 224 Å². The second-order valence-electron chi connectivity index (χ2n) is 14.6. The Kier molecular flexibility index (Phi) is 7.82. The van der Waals surface area contributed by atoms with Gasteiger partial charge in [-0.2, -0.15) is 0 Å². The van der Waals surface area contributed by atoms with E-state index in [0.29, 0.717) is 0 Å². The molecule has 2 heterocycles. The lowest BCUT2D eigenvalue weighted by Crippen LogP contribution is -2.10. The predicted octanol–water partition coefficient (Wildman–Crippen LogP) is 14.7. The first-order valence-electron chi connectivity index (χ1n) is 19.5. The highest BCUT2D eigenvalue weighted by Gasteiger charge is 2.21. The molecule has 0 saturated heterocycles. The third-order valence-corrected chi connectivity index (χ3v) is 11.3. The van der Waals surface area contributed by atoms with Gasteiger partial charge in [-0.3, -0.25) is 0 Å². The minimum absolute atomic E-state index is 1.09. The molecule has 0 radical (unpaired) electrons. The lowest BCUT2D eigenvalue weighted by molar-refractivity contribution is 1.18. The van der Waals surface area contributed by atoms with Crippen LogP contribution < -0.4 is 4.90 Å². The Labute approximate surface area is 331 Å². The van der Waals surface area contributed by atoms with Gasteiger partial charge in [0.1, 0.15) is 0 Å². The van der Waals surface area contributed by atoms with Crippen molar-refractivity contribution >= 4 is 60.7 Å². The van der Waals surface area contributed by atoms with Crippen molar-refractivity contribution in [2.45, 2.75) is 0 Å². The maximum absolute atomic E-state index is 2.42. The Balaban J connectivity index is 1.17. The molecule has 0 amide bonds. The van der Waals surface area contributed by atoms with E-state index >= 15 is 0 Å². The quantitative estimate of drug-likeness (QED) is 0.159. The van der Waals surface area contributed by atoms with E-state index in [4.69, 9.17) is 0 Å². The average Bonchev–Trinajstić information content (AvgIpc) is 3.80. The summed E-state index contributed by atoms with van der Waals surface area (Å²) in [6, 6.07) is 81.1. The fraction of sp³-hybridized carbons (Fsp3) is 0. The molecule has 0 aliphatic carbocycles. The van der Waals surface area contributed by atoms with E-state index < -0.39 is 0 Å². The van der Waals surface area contributed by atoms with Crippen LogP contribution in [0.25, 0.3) is 77.2 Å². The van der Waals surface area contributed by atoms with Crippen LogP contribution in [0.2, 0.25) is 0 Å². The summed E-state index contributed by atoms with van der Waals surface area (Å²) in [6.45, 7) is 0. The molecule has 0 atom stereocenters. The number of benzene rings is 9. The summed E-state index contributed by atoms with van der Waals surface area (Å²) in [5, 5.41) is 4.89. The molecule has 0 fully saturated rings. The second-order valence-corrected chi connectivity index (χ2v) is 14.6. The largest absolute Gasteiger partial charge is 0.310 e. The highest BCUT2D eigenvalue weighted by molar-refractivity contribution is 6.17. The van der Waals surface area contributed by atoms with Gasteiger partial charge in [-0.25, -0.2) is 0 Å². The van der Waals surface area contributed by atoms with Gasteiger partial charge in [0.15, 0.2) is 0 Å². The van der Waals surface area contributed by atoms with E-state index in [1.165, 1.54) is 65.9 Å². The molecule has 57 heavy (non-hydrogen) atoms. The molecule has 0 N–H and O–H groups in total. The van der Waals surface area contributed by atoms with E-state index in [2.05, 4.69) is 238 Å². The van der Waals surface area contributed by atoms with Crippen LogP contribution >= 0.6 is 0 Å². The van der Waals surface area contributed by atoms with Crippen molar-refractivity contribution in [1.29, 1.82) is 0 Å². The first kappa shape index (κ1) is 32.8. The van der Waals surface area contributed by atoms with Gasteiger partial charge in [0.25, 0.3) is 0 Å². The molecule has 3 nitrogen and oxygen atoms in total. The normalized spacial score (nSPS) is 11.5. The van der Waals surface area contributed by atoms with Crippen molar-refractivity contribution in [2.24, 2.45) is 0 Å².